The van der Waals surface area contributed by atoms with Gasteiger partial charge in [0, 0.05) is 48.4 Å². The molecule has 164 valence electrons. The largest absolute Gasteiger partial charge is 0.368 e. The third kappa shape index (κ3) is 3.97. The van der Waals surface area contributed by atoms with Crippen LogP contribution < -0.4 is 16.2 Å². The SMILES string of the molecule is Cc1ccc(F)c2c1cc(C)n2CCNc1cc(-c2ccc(C3CCNN3)cc2)ncn1. The van der Waals surface area contributed by atoms with E-state index in [1.54, 1.807) is 12.4 Å². The normalized spacial score (nSPS) is 16.0. The smallest absolute Gasteiger partial charge is 0.147 e. The summed E-state index contributed by atoms with van der Waals surface area (Å²) in [7, 11) is 0. The average Bonchev–Trinajstić information content (AvgIpc) is 3.46. The van der Waals surface area contributed by atoms with Crippen molar-refractivity contribution in [3.63, 3.8) is 0 Å². The molecule has 0 saturated carbocycles. The molecule has 5 rings (SSSR count). The molecule has 32 heavy (non-hydrogen) atoms. The number of halogens is 1. The summed E-state index contributed by atoms with van der Waals surface area (Å²) < 4.78 is 16.5. The number of nitrogens with zero attached hydrogens (tertiary/aromatic N) is 3. The van der Waals surface area contributed by atoms with E-state index in [-0.39, 0.29) is 5.82 Å². The molecule has 1 unspecified atom stereocenters. The first-order chi connectivity index (χ1) is 15.6. The lowest BCUT2D eigenvalue weighted by Gasteiger charge is -2.12. The number of fused-ring (bicyclic) bond motifs is 1. The Hall–Kier alpha value is -3.29. The molecule has 1 aliphatic rings. The number of hydrazine groups is 1. The van der Waals surface area contributed by atoms with Gasteiger partial charge in [-0.05, 0) is 43.5 Å². The van der Waals surface area contributed by atoms with Gasteiger partial charge in [0.05, 0.1) is 11.2 Å². The van der Waals surface area contributed by atoms with Crippen molar-refractivity contribution >= 4 is 16.7 Å². The van der Waals surface area contributed by atoms with Crippen LogP contribution in [0.25, 0.3) is 22.2 Å². The molecule has 1 atom stereocenters. The summed E-state index contributed by atoms with van der Waals surface area (Å²) in [6, 6.07) is 16.2. The fourth-order valence-electron chi connectivity index (χ4n) is 4.42. The summed E-state index contributed by atoms with van der Waals surface area (Å²) in [6.07, 6.45) is 2.66. The number of nitrogens with one attached hydrogen (secondary N) is 3. The zero-order chi connectivity index (χ0) is 22.1. The highest BCUT2D eigenvalue weighted by molar-refractivity contribution is 5.85. The van der Waals surface area contributed by atoms with Gasteiger partial charge in [-0.15, -0.1) is 0 Å². The van der Waals surface area contributed by atoms with Crippen LogP contribution in [0.1, 0.15) is 29.3 Å². The van der Waals surface area contributed by atoms with Gasteiger partial charge in [0.2, 0.25) is 0 Å². The Kier molecular flexibility index (Phi) is 5.59. The van der Waals surface area contributed by atoms with Gasteiger partial charge in [0.25, 0.3) is 0 Å². The van der Waals surface area contributed by atoms with E-state index in [2.05, 4.69) is 56.5 Å². The van der Waals surface area contributed by atoms with Crippen molar-refractivity contribution in [2.45, 2.75) is 32.9 Å². The minimum Gasteiger partial charge on any atom is -0.368 e. The topological polar surface area (TPSA) is 66.8 Å². The van der Waals surface area contributed by atoms with Gasteiger partial charge in [-0.1, -0.05) is 30.3 Å². The lowest BCUT2D eigenvalue weighted by molar-refractivity contribution is 0.581. The molecule has 1 fully saturated rings. The Morgan fingerprint density at radius 1 is 1.09 bits per heavy atom. The maximum Gasteiger partial charge on any atom is 0.147 e. The minimum atomic E-state index is -0.185. The van der Waals surface area contributed by atoms with Crippen molar-refractivity contribution in [1.82, 2.24) is 25.4 Å². The quantitative estimate of drug-likeness (QED) is 0.420. The van der Waals surface area contributed by atoms with Crippen LogP contribution in [0.5, 0.6) is 0 Å². The van der Waals surface area contributed by atoms with Crippen molar-refractivity contribution in [2.75, 3.05) is 18.4 Å². The lowest BCUT2D eigenvalue weighted by atomic mass is 10.0. The number of aromatic nitrogens is 3. The summed E-state index contributed by atoms with van der Waals surface area (Å²) in [5.41, 5.74) is 12.4. The molecule has 7 heteroatoms. The summed E-state index contributed by atoms with van der Waals surface area (Å²) in [5, 5.41) is 4.33. The van der Waals surface area contributed by atoms with Crippen LogP contribution in [-0.4, -0.2) is 27.6 Å². The molecule has 2 aromatic heterocycles. The lowest BCUT2D eigenvalue weighted by Crippen LogP contribution is -2.24. The fourth-order valence-corrected chi connectivity index (χ4v) is 4.42. The zero-order valence-electron chi connectivity index (χ0n) is 18.3. The Morgan fingerprint density at radius 3 is 2.72 bits per heavy atom. The Labute approximate surface area is 186 Å². The molecule has 2 aromatic carbocycles. The summed E-state index contributed by atoms with van der Waals surface area (Å²) in [4.78, 5) is 8.79. The van der Waals surface area contributed by atoms with Crippen LogP contribution in [0.2, 0.25) is 0 Å². The molecular formula is C25H27FN6. The van der Waals surface area contributed by atoms with E-state index >= 15 is 0 Å². The molecule has 6 nitrogen and oxygen atoms in total. The van der Waals surface area contributed by atoms with Gasteiger partial charge in [0.1, 0.15) is 18.0 Å². The van der Waals surface area contributed by atoms with Gasteiger partial charge in [-0.2, -0.15) is 0 Å². The summed E-state index contributed by atoms with van der Waals surface area (Å²) in [6.45, 7) is 6.29. The predicted molar refractivity (Wildman–Crippen MR) is 126 cm³/mol. The second kappa shape index (κ2) is 8.68. The first-order valence-corrected chi connectivity index (χ1v) is 11.0. The van der Waals surface area contributed by atoms with Gasteiger partial charge in [0.15, 0.2) is 0 Å². The molecule has 4 aromatic rings. The van der Waals surface area contributed by atoms with Crippen LogP contribution >= 0.6 is 0 Å². The van der Waals surface area contributed by atoms with E-state index in [0.29, 0.717) is 24.6 Å². The second-order valence-electron chi connectivity index (χ2n) is 8.31. The Bertz CT molecular complexity index is 1240. The maximum absolute atomic E-state index is 14.5. The summed E-state index contributed by atoms with van der Waals surface area (Å²) >= 11 is 0. The van der Waals surface area contributed by atoms with E-state index < -0.39 is 0 Å². The van der Waals surface area contributed by atoms with Gasteiger partial charge >= 0.3 is 0 Å². The van der Waals surface area contributed by atoms with Crippen molar-refractivity contribution in [3.05, 3.63) is 77.5 Å². The monoisotopic (exact) mass is 430 g/mol. The van der Waals surface area contributed by atoms with E-state index in [1.165, 1.54) is 5.56 Å². The molecule has 0 aliphatic carbocycles. The average molecular weight is 431 g/mol. The number of anilines is 1. The fraction of sp³-hybridized carbons (Fsp3) is 0.280. The molecule has 0 bridgehead atoms. The van der Waals surface area contributed by atoms with Crippen LogP contribution in [0.15, 0.2) is 54.9 Å². The van der Waals surface area contributed by atoms with Crippen LogP contribution in [-0.2, 0) is 6.54 Å². The van der Waals surface area contributed by atoms with Crippen molar-refractivity contribution in [3.8, 4) is 11.3 Å². The molecule has 0 spiro atoms. The minimum absolute atomic E-state index is 0.185. The molecule has 3 heterocycles. The van der Waals surface area contributed by atoms with Gasteiger partial charge in [-0.3, -0.25) is 10.9 Å². The third-order valence-corrected chi connectivity index (χ3v) is 6.19. The number of hydrogen-bond acceptors (Lipinski definition) is 5. The van der Waals surface area contributed by atoms with Gasteiger partial charge < -0.3 is 9.88 Å². The Balaban J connectivity index is 1.29. The van der Waals surface area contributed by atoms with Crippen LogP contribution in [0, 0.1) is 19.7 Å². The highest BCUT2D eigenvalue weighted by atomic mass is 19.1. The number of aryl methyl sites for hydroxylation is 2. The van der Waals surface area contributed by atoms with E-state index in [9.17, 15) is 4.39 Å². The molecule has 3 N–H and O–H groups in total. The zero-order valence-corrected chi connectivity index (χ0v) is 18.3. The first kappa shape index (κ1) is 20.6. The highest BCUT2D eigenvalue weighted by Crippen LogP contribution is 2.26. The number of benzene rings is 2. The standard InChI is InChI=1S/C25H27FN6/c1-16-3-8-21(26)25-20(16)13-17(2)32(25)12-11-27-24-14-23(28-15-29-24)19-6-4-18(5-7-19)22-9-10-30-31-22/h3-8,13-15,22,30-31H,9-12H2,1-2H3,(H,27,28,29). The van der Waals surface area contributed by atoms with Crippen molar-refractivity contribution in [1.29, 1.82) is 0 Å². The molecular weight excluding hydrogens is 403 g/mol. The number of rotatable bonds is 6. The van der Waals surface area contributed by atoms with E-state index in [4.69, 9.17) is 0 Å². The molecule has 1 aliphatic heterocycles. The predicted octanol–water partition coefficient (Wildman–Crippen LogP) is 4.51. The van der Waals surface area contributed by atoms with Crippen molar-refractivity contribution in [2.24, 2.45) is 0 Å². The molecule has 0 radical (unpaired) electrons. The third-order valence-electron chi connectivity index (χ3n) is 6.19. The first-order valence-electron chi connectivity index (χ1n) is 11.0. The Morgan fingerprint density at radius 2 is 1.94 bits per heavy atom. The molecule has 0 amide bonds. The highest BCUT2D eigenvalue weighted by Gasteiger charge is 2.16. The molecule has 1 saturated heterocycles. The second-order valence-corrected chi connectivity index (χ2v) is 8.31. The van der Waals surface area contributed by atoms with E-state index in [0.717, 1.165) is 46.7 Å². The maximum atomic E-state index is 14.5. The van der Waals surface area contributed by atoms with Crippen molar-refractivity contribution < 1.29 is 4.39 Å². The van der Waals surface area contributed by atoms with Gasteiger partial charge in [-0.25, -0.2) is 14.4 Å². The van der Waals surface area contributed by atoms with E-state index in [1.807, 2.05) is 30.5 Å². The van der Waals surface area contributed by atoms with Crippen LogP contribution in [0.4, 0.5) is 10.2 Å². The number of hydrogen-bond donors (Lipinski definition) is 3. The van der Waals surface area contributed by atoms with Crippen LogP contribution in [0.3, 0.4) is 0 Å². The summed E-state index contributed by atoms with van der Waals surface area (Å²) in [5.74, 6) is 0.571.